The number of hydrogen-bond donors (Lipinski definition) is 0. The van der Waals surface area contributed by atoms with Gasteiger partial charge in [0.1, 0.15) is 18.9 Å². The molecule has 0 saturated carbocycles. The quantitative estimate of drug-likeness (QED) is 0.721. The number of fused-ring (bicyclic) bond motifs is 1. The minimum absolute atomic E-state index is 0.210. The summed E-state index contributed by atoms with van der Waals surface area (Å²) in [6.45, 7) is 1.48. The zero-order valence-corrected chi connectivity index (χ0v) is 14.1. The van der Waals surface area contributed by atoms with Crippen LogP contribution in [0.2, 0.25) is 0 Å². The summed E-state index contributed by atoms with van der Waals surface area (Å²) in [7, 11) is 0. The lowest BCUT2D eigenvalue weighted by molar-refractivity contribution is 0.0980. The highest BCUT2D eigenvalue weighted by molar-refractivity contribution is 7.09. The molecule has 1 aromatic carbocycles. The van der Waals surface area contributed by atoms with Crippen molar-refractivity contribution in [1.29, 1.82) is 0 Å². The minimum atomic E-state index is -0.210. The molecule has 126 valence electrons. The van der Waals surface area contributed by atoms with Crippen LogP contribution in [0.5, 0.6) is 11.5 Å². The van der Waals surface area contributed by atoms with Crippen molar-refractivity contribution in [2.45, 2.75) is 6.54 Å². The van der Waals surface area contributed by atoms with Crippen LogP contribution in [-0.2, 0) is 6.54 Å². The third-order valence-electron chi connectivity index (χ3n) is 3.76. The molecule has 25 heavy (non-hydrogen) atoms. The standard InChI is InChI=1S/C18H15N3O3S/c22-18(15-11-19-5-6-20-15)21(12-14-2-1-9-25-14)13-3-4-16-17(10-13)24-8-7-23-16/h1-6,9-11H,7-8,12H2. The Kier molecular flexibility index (Phi) is 4.30. The van der Waals surface area contributed by atoms with Crippen LogP contribution in [-0.4, -0.2) is 29.1 Å². The van der Waals surface area contributed by atoms with Gasteiger partial charge in [0.2, 0.25) is 0 Å². The highest BCUT2D eigenvalue weighted by atomic mass is 32.1. The van der Waals surface area contributed by atoms with Gasteiger partial charge < -0.3 is 14.4 Å². The largest absolute Gasteiger partial charge is 0.486 e. The number of benzene rings is 1. The van der Waals surface area contributed by atoms with Crippen LogP contribution in [0.3, 0.4) is 0 Å². The van der Waals surface area contributed by atoms with E-state index in [1.807, 2.05) is 35.7 Å². The number of amides is 1. The maximum absolute atomic E-state index is 13.0. The van der Waals surface area contributed by atoms with Crippen LogP contribution in [0, 0.1) is 0 Å². The summed E-state index contributed by atoms with van der Waals surface area (Å²) in [5.41, 5.74) is 1.03. The molecule has 1 amide bonds. The molecule has 1 aliphatic heterocycles. The van der Waals surface area contributed by atoms with Crippen molar-refractivity contribution >= 4 is 22.9 Å². The van der Waals surface area contributed by atoms with Gasteiger partial charge in [-0.3, -0.25) is 9.78 Å². The molecule has 0 bridgehead atoms. The average Bonchev–Trinajstić information content (AvgIpc) is 3.19. The van der Waals surface area contributed by atoms with E-state index in [-0.39, 0.29) is 5.91 Å². The molecule has 0 atom stereocenters. The van der Waals surface area contributed by atoms with Gasteiger partial charge in [0.15, 0.2) is 11.5 Å². The lowest BCUT2D eigenvalue weighted by Crippen LogP contribution is -2.31. The van der Waals surface area contributed by atoms with Gasteiger partial charge in [0.05, 0.1) is 12.7 Å². The Morgan fingerprint density at radius 1 is 1.16 bits per heavy atom. The molecule has 0 fully saturated rings. The summed E-state index contributed by atoms with van der Waals surface area (Å²) >= 11 is 1.60. The van der Waals surface area contributed by atoms with Crippen LogP contribution in [0.4, 0.5) is 5.69 Å². The van der Waals surface area contributed by atoms with Gasteiger partial charge in [-0.25, -0.2) is 4.98 Å². The van der Waals surface area contributed by atoms with Gasteiger partial charge in [-0.05, 0) is 23.6 Å². The molecule has 0 aliphatic carbocycles. The molecule has 0 saturated heterocycles. The Morgan fingerprint density at radius 3 is 2.80 bits per heavy atom. The molecule has 3 aromatic rings. The van der Waals surface area contributed by atoms with Gasteiger partial charge in [-0.15, -0.1) is 11.3 Å². The Labute approximate surface area is 148 Å². The molecule has 3 heterocycles. The predicted octanol–water partition coefficient (Wildman–Crippen LogP) is 3.16. The van der Waals surface area contributed by atoms with Crippen molar-refractivity contribution in [3.05, 3.63) is 64.9 Å². The van der Waals surface area contributed by atoms with Gasteiger partial charge >= 0.3 is 0 Å². The van der Waals surface area contributed by atoms with E-state index in [0.29, 0.717) is 37.0 Å². The highest BCUT2D eigenvalue weighted by Gasteiger charge is 2.22. The maximum atomic E-state index is 13.0. The van der Waals surface area contributed by atoms with Crippen molar-refractivity contribution in [2.24, 2.45) is 0 Å². The van der Waals surface area contributed by atoms with E-state index in [9.17, 15) is 4.79 Å². The Morgan fingerprint density at radius 2 is 2.04 bits per heavy atom. The normalized spacial score (nSPS) is 12.6. The minimum Gasteiger partial charge on any atom is -0.486 e. The van der Waals surface area contributed by atoms with Crippen molar-refractivity contribution in [1.82, 2.24) is 9.97 Å². The highest BCUT2D eigenvalue weighted by Crippen LogP contribution is 2.35. The molecule has 6 nitrogen and oxygen atoms in total. The summed E-state index contributed by atoms with van der Waals surface area (Å²) in [6.07, 6.45) is 4.53. The first-order chi connectivity index (χ1) is 12.3. The number of anilines is 1. The Balaban J connectivity index is 1.71. The van der Waals surface area contributed by atoms with E-state index < -0.39 is 0 Å². The molecule has 7 heteroatoms. The Bertz CT molecular complexity index is 869. The summed E-state index contributed by atoms with van der Waals surface area (Å²) in [6, 6.07) is 9.48. The summed E-state index contributed by atoms with van der Waals surface area (Å²) in [5, 5.41) is 1.99. The fourth-order valence-electron chi connectivity index (χ4n) is 2.59. The molecule has 2 aromatic heterocycles. The van der Waals surface area contributed by atoms with Gasteiger partial charge in [0.25, 0.3) is 5.91 Å². The van der Waals surface area contributed by atoms with Crippen molar-refractivity contribution < 1.29 is 14.3 Å². The number of carbonyl (C=O) groups excluding carboxylic acids is 1. The number of nitrogens with zero attached hydrogens (tertiary/aromatic N) is 3. The van der Waals surface area contributed by atoms with Gasteiger partial charge in [-0.1, -0.05) is 6.07 Å². The van der Waals surface area contributed by atoms with Crippen molar-refractivity contribution in [2.75, 3.05) is 18.1 Å². The zero-order chi connectivity index (χ0) is 17.1. The lowest BCUT2D eigenvalue weighted by Gasteiger charge is -2.24. The second-order valence-corrected chi connectivity index (χ2v) is 6.42. The van der Waals surface area contributed by atoms with E-state index in [2.05, 4.69) is 9.97 Å². The summed E-state index contributed by atoms with van der Waals surface area (Å²) in [5.74, 6) is 1.13. The number of thiophene rings is 1. The first-order valence-electron chi connectivity index (χ1n) is 7.81. The number of rotatable bonds is 4. The van der Waals surface area contributed by atoms with Crippen LogP contribution >= 0.6 is 11.3 Å². The molecular weight excluding hydrogens is 338 g/mol. The average molecular weight is 353 g/mol. The molecule has 0 unspecified atom stereocenters. The fourth-order valence-corrected chi connectivity index (χ4v) is 3.28. The molecule has 0 N–H and O–H groups in total. The number of hydrogen-bond acceptors (Lipinski definition) is 6. The van der Waals surface area contributed by atoms with Crippen LogP contribution in [0.25, 0.3) is 0 Å². The second-order valence-electron chi connectivity index (χ2n) is 5.39. The molecular formula is C18H15N3O3S. The smallest absolute Gasteiger partial charge is 0.278 e. The predicted molar refractivity (Wildman–Crippen MR) is 94.3 cm³/mol. The Hall–Kier alpha value is -2.93. The zero-order valence-electron chi connectivity index (χ0n) is 13.3. The van der Waals surface area contributed by atoms with Gasteiger partial charge in [0, 0.05) is 29.0 Å². The van der Waals surface area contributed by atoms with Crippen LogP contribution < -0.4 is 14.4 Å². The number of ether oxygens (including phenoxy) is 2. The van der Waals surface area contributed by atoms with E-state index in [0.717, 1.165) is 10.6 Å². The SMILES string of the molecule is O=C(c1cnccn1)N(Cc1cccs1)c1ccc2c(c1)OCCO2. The number of carbonyl (C=O) groups is 1. The van der Waals surface area contributed by atoms with E-state index >= 15 is 0 Å². The van der Waals surface area contributed by atoms with E-state index in [1.54, 1.807) is 22.4 Å². The first-order valence-corrected chi connectivity index (χ1v) is 8.69. The first kappa shape index (κ1) is 15.6. The molecule has 4 rings (SSSR count). The van der Waals surface area contributed by atoms with Crippen molar-refractivity contribution in [3.63, 3.8) is 0 Å². The monoisotopic (exact) mass is 353 g/mol. The topological polar surface area (TPSA) is 64.6 Å². The van der Waals surface area contributed by atoms with Gasteiger partial charge in [-0.2, -0.15) is 0 Å². The number of aromatic nitrogens is 2. The molecule has 1 aliphatic rings. The third kappa shape index (κ3) is 3.32. The van der Waals surface area contributed by atoms with E-state index in [1.165, 1.54) is 12.4 Å². The fraction of sp³-hybridized carbons (Fsp3) is 0.167. The molecule has 0 spiro atoms. The second kappa shape index (κ2) is 6.90. The molecule has 0 radical (unpaired) electrons. The summed E-state index contributed by atoms with van der Waals surface area (Å²) < 4.78 is 11.2. The van der Waals surface area contributed by atoms with E-state index in [4.69, 9.17) is 9.47 Å². The van der Waals surface area contributed by atoms with Crippen LogP contribution in [0.15, 0.2) is 54.3 Å². The van der Waals surface area contributed by atoms with Crippen molar-refractivity contribution in [3.8, 4) is 11.5 Å². The third-order valence-corrected chi connectivity index (χ3v) is 4.62. The lowest BCUT2D eigenvalue weighted by atomic mass is 10.2. The van der Waals surface area contributed by atoms with Crippen LogP contribution in [0.1, 0.15) is 15.4 Å². The maximum Gasteiger partial charge on any atom is 0.278 e. The summed E-state index contributed by atoms with van der Waals surface area (Å²) in [4.78, 5) is 23.9.